The molecule has 0 radical (unpaired) electrons. The second kappa shape index (κ2) is 5.57. The largest absolute Gasteiger partial charge is 0.505 e. The van der Waals surface area contributed by atoms with Crippen molar-refractivity contribution in [2.75, 3.05) is 6.67 Å². The predicted octanol–water partition coefficient (Wildman–Crippen LogP) is 1.83. The lowest BCUT2D eigenvalue weighted by Crippen LogP contribution is -2.13. The molecule has 1 aromatic carbocycles. The van der Waals surface area contributed by atoms with Crippen LogP contribution in [-0.4, -0.2) is 16.7 Å². The Kier molecular flexibility index (Phi) is 5.06. The molecule has 0 saturated carbocycles. The first-order valence-electron chi connectivity index (χ1n) is 3.95. The minimum Gasteiger partial charge on any atom is -0.505 e. The molecule has 0 aliphatic heterocycles. The molecule has 0 heterocycles. The summed E-state index contributed by atoms with van der Waals surface area (Å²) in [5.41, 5.74) is 4.31. The lowest BCUT2D eigenvalue weighted by atomic mass is 10.1. The molecule has 90 valence electrons. The number of non-ortho nitro benzene ring substituents is 1. The van der Waals surface area contributed by atoms with E-state index in [1.54, 1.807) is 0 Å². The van der Waals surface area contributed by atoms with Crippen LogP contribution in [0, 0.1) is 15.9 Å². The number of halogens is 3. The molecule has 5 nitrogen and oxygen atoms in total. The first-order valence-corrected chi connectivity index (χ1v) is 3.95. The molecule has 0 aliphatic carbocycles. The number of nitro benzene ring substituents is 1. The highest BCUT2D eigenvalue weighted by Gasteiger charge is 2.20. The van der Waals surface area contributed by atoms with Crippen LogP contribution in [0.5, 0.6) is 5.75 Å². The summed E-state index contributed by atoms with van der Waals surface area (Å²) in [5.74, 6) is -2.05. The fourth-order valence-electron chi connectivity index (χ4n) is 1.08. The molecule has 0 aliphatic rings. The minimum absolute atomic E-state index is 0. The average Bonchev–Trinajstić information content (AvgIpc) is 2.20. The average molecular weight is 255 g/mol. The number of phenolic OH excluding ortho intramolecular Hbond substituents is 1. The van der Waals surface area contributed by atoms with Crippen LogP contribution in [0.3, 0.4) is 0 Å². The van der Waals surface area contributed by atoms with Crippen molar-refractivity contribution in [3.05, 3.63) is 33.6 Å². The van der Waals surface area contributed by atoms with Crippen LogP contribution in [0.15, 0.2) is 12.1 Å². The Morgan fingerprint density at radius 2 is 2.12 bits per heavy atom. The molecule has 0 amide bonds. The van der Waals surface area contributed by atoms with Crippen molar-refractivity contribution in [3.63, 3.8) is 0 Å². The van der Waals surface area contributed by atoms with E-state index in [1.165, 1.54) is 0 Å². The van der Waals surface area contributed by atoms with Crippen molar-refractivity contribution in [1.29, 1.82) is 0 Å². The normalized spacial score (nSPS) is 11.7. The van der Waals surface area contributed by atoms with Crippen LogP contribution in [0.25, 0.3) is 0 Å². The predicted molar refractivity (Wildman–Crippen MR) is 54.9 cm³/mol. The number of alkyl halides is 1. The summed E-state index contributed by atoms with van der Waals surface area (Å²) < 4.78 is 25.2. The standard InChI is InChI=1S/C8H8F2N2O3.ClH/c9-3-7(11)5-1-4(12(14)15)2-6(10)8(5)13;/h1-2,7,13H,3,11H2;1H/t7-;/m0./s1. The Morgan fingerprint density at radius 1 is 1.56 bits per heavy atom. The van der Waals surface area contributed by atoms with E-state index >= 15 is 0 Å². The molecule has 0 unspecified atom stereocenters. The van der Waals surface area contributed by atoms with E-state index in [9.17, 15) is 18.9 Å². The zero-order valence-corrected chi connectivity index (χ0v) is 8.71. The summed E-state index contributed by atoms with van der Waals surface area (Å²) >= 11 is 0. The molecule has 0 spiro atoms. The number of hydrogen-bond acceptors (Lipinski definition) is 4. The quantitative estimate of drug-likeness (QED) is 0.636. The van der Waals surface area contributed by atoms with E-state index in [1.807, 2.05) is 0 Å². The van der Waals surface area contributed by atoms with Gasteiger partial charge in [-0.1, -0.05) is 0 Å². The smallest absolute Gasteiger partial charge is 0.272 e. The van der Waals surface area contributed by atoms with Crippen molar-refractivity contribution in [2.24, 2.45) is 5.73 Å². The molecule has 1 atom stereocenters. The number of nitrogens with zero attached hydrogens (tertiary/aromatic N) is 1. The third-order valence-electron chi connectivity index (χ3n) is 1.85. The third kappa shape index (κ3) is 2.77. The van der Waals surface area contributed by atoms with Gasteiger partial charge in [0.1, 0.15) is 6.67 Å². The highest BCUT2D eigenvalue weighted by atomic mass is 35.5. The summed E-state index contributed by atoms with van der Waals surface area (Å²) in [6.07, 6.45) is 0. The highest BCUT2D eigenvalue weighted by Crippen LogP contribution is 2.30. The summed E-state index contributed by atoms with van der Waals surface area (Å²) in [4.78, 5) is 9.50. The molecule has 0 bridgehead atoms. The molecule has 16 heavy (non-hydrogen) atoms. The maximum atomic E-state index is 13.0. The molecule has 8 heteroatoms. The number of nitro groups is 1. The number of rotatable bonds is 3. The van der Waals surface area contributed by atoms with Crippen LogP contribution >= 0.6 is 12.4 Å². The van der Waals surface area contributed by atoms with Gasteiger partial charge in [0.05, 0.1) is 17.0 Å². The van der Waals surface area contributed by atoms with Gasteiger partial charge in [-0.3, -0.25) is 10.1 Å². The monoisotopic (exact) mass is 254 g/mol. The van der Waals surface area contributed by atoms with E-state index in [2.05, 4.69) is 0 Å². The molecular weight excluding hydrogens is 246 g/mol. The Morgan fingerprint density at radius 3 is 2.56 bits per heavy atom. The number of nitrogens with two attached hydrogens (primary N) is 1. The molecule has 0 aromatic heterocycles. The fraction of sp³-hybridized carbons (Fsp3) is 0.250. The lowest BCUT2D eigenvalue weighted by Gasteiger charge is -2.09. The maximum absolute atomic E-state index is 13.0. The van der Waals surface area contributed by atoms with Gasteiger partial charge in [0, 0.05) is 11.6 Å². The van der Waals surface area contributed by atoms with Crippen molar-refractivity contribution >= 4 is 18.1 Å². The van der Waals surface area contributed by atoms with Crippen LogP contribution in [0.4, 0.5) is 14.5 Å². The van der Waals surface area contributed by atoms with Crippen LogP contribution in [0.1, 0.15) is 11.6 Å². The molecule has 1 rings (SSSR count). The second-order valence-electron chi connectivity index (χ2n) is 2.88. The second-order valence-corrected chi connectivity index (χ2v) is 2.88. The van der Waals surface area contributed by atoms with Gasteiger partial charge < -0.3 is 10.8 Å². The van der Waals surface area contributed by atoms with Crippen LogP contribution in [0.2, 0.25) is 0 Å². The van der Waals surface area contributed by atoms with Crippen LogP contribution in [-0.2, 0) is 0 Å². The Balaban J connectivity index is 0.00000225. The summed E-state index contributed by atoms with van der Waals surface area (Å²) in [6, 6.07) is 0.117. The maximum Gasteiger partial charge on any atom is 0.272 e. The Labute approximate surface area is 95.4 Å². The van der Waals surface area contributed by atoms with Crippen LogP contribution < -0.4 is 5.73 Å². The zero-order valence-electron chi connectivity index (χ0n) is 7.89. The van der Waals surface area contributed by atoms with E-state index in [4.69, 9.17) is 10.8 Å². The Hall–Kier alpha value is -1.47. The molecular formula is C8H9ClF2N2O3. The van der Waals surface area contributed by atoms with Gasteiger partial charge >= 0.3 is 0 Å². The molecule has 3 N–H and O–H groups in total. The van der Waals surface area contributed by atoms with E-state index < -0.39 is 34.9 Å². The molecule has 0 fully saturated rings. The number of benzene rings is 1. The fourth-order valence-corrected chi connectivity index (χ4v) is 1.08. The highest BCUT2D eigenvalue weighted by molar-refractivity contribution is 5.85. The number of hydrogen-bond donors (Lipinski definition) is 2. The topological polar surface area (TPSA) is 89.4 Å². The van der Waals surface area contributed by atoms with Gasteiger partial charge in [0.15, 0.2) is 11.6 Å². The molecule has 1 aromatic rings. The first kappa shape index (κ1) is 14.5. The van der Waals surface area contributed by atoms with Gasteiger partial charge in [-0.15, -0.1) is 12.4 Å². The molecule has 0 saturated heterocycles. The van der Waals surface area contributed by atoms with Crippen molar-refractivity contribution < 1.29 is 18.8 Å². The number of phenols is 1. The summed E-state index contributed by atoms with van der Waals surface area (Å²) in [7, 11) is 0. The van der Waals surface area contributed by atoms with E-state index in [-0.39, 0.29) is 18.0 Å². The van der Waals surface area contributed by atoms with Gasteiger partial charge in [-0.05, 0) is 0 Å². The lowest BCUT2D eigenvalue weighted by molar-refractivity contribution is -0.385. The van der Waals surface area contributed by atoms with Gasteiger partial charge in [-0.2, -0.15) is 0 Å². The van der Waals surface area contributed by atoms with Gasteiger partial charge in [0.2, 0.25) is 0 Å². The zero-order chi connectivity index (χ0) is 11.6. The Bertz CT molecular complexity index is 403. The van der Waals surface area contributed by atoms with E-state index in [0.29, 0.717) is 6.07 Å². The van der Waals surface area contributed by atoms with Crippen molar-refractivity contribution in [1.82, 2.24) is 0 Å². The summed E-state index contributed by atoms with van der Waals surface area (Å²) in [6.45, 7) is -1.05. The van der Waals surface area contributed by atoms with Crippen molar-refractivity contribution in [2.45, 2.75) is 6.04 Å². The first-order chi connectivity index (χ1) is 6.97. The number of aromatic hydroxyl groups is 1. The minimum atomic E-state index is -1.28. The van der Waals surface area contributed by atoms with E-state index in [0.717, 1.165) is 6.07 Å². The third-order valence-corrected chi connectivity index (χ3v) is 1.85. The van der Waals surface area contributed by atoms with Gasteiger partial charge in [-0.25, -0.2) is 8.78 Å². The summed E-state index contributed by atoms with van der Waals surface area (Å²) in [5, 5.41) is 19.5. The van der Waals surface area contributed by atoms with Gasteiger partial charge in [0.25, 0.3) is 5.69 Å². The van der Waals surface area contributed by atoms with Crippen molar-refractivity contribution in [3.8, 4) is 5.75 Å². The SMILES string of the molecule is Cl.N[C@@H](CF)c1cc([N+](=O)[O-])cc(F)c1O.